The molecule has 0 N–H and O–H groups in total. The van der Waals surface area contributed by atoms with Gasteiger partial charge < -0.3 is 9.64 Å². The van der Waals surface area contributed by atoms with E-state index < -0.39 is 10.0 Å². The standard InChI is InChI=1S/C22H33ClN4O3S/c23-19-12-24-22(25-13-19)26-7-5-17(6-8-26)21-11-18(21)15-30-14-16-3-9-27(10-4-16)31(28,29)20-1-2-20/h12-13,16-18,20-21H,1-11,14-15H2/t18-,21+/m0/s1. The van der Waals surface area contributed by atoms with Crippen LogP contribution < -0.4 is 4.90 Å². The number of sulfonamides is 1. The van der Waals surface area contributed by atoms with E-state index in [1.165, 1.54) is 19.3 Å². The number of hydrogen-bond acceptors (Lipinski definition) is 6. The molecular formula is C22H33ClN4O3S. The fraction of sp³-hybridized carbons (Fsp3) is 0.818. The molecule has 0 bridgehead atoms. The number of ether oxygens (including phenoxy) is 1. The molecule has 3 heterocycles. The maximum absolute atomic E-state index is 12.3. The summed E-state index contributed by atoms with van der Waals surface area (Å²) in [6.45, 7) is 5.03. The summed E-state index contributed by atoms with van der Waals surface area (Å²) >= 11 is 5.89. The zero-order valence-electron chi connectivity index (χ0n) is 18.0. The maximum atomic E-state index is 12.3. The number of hydrogen-bond donors (Lipinski definition) is 0. The molecule has 4 aliphatic rings. The second kappa shape index (κ2) is 9.12. The minimum atomic E-state index is -3.00. The molecule has 0 unspecified atom stereocenters. The van der Waals surface area contributed by atoms with E-state index in [1.54, 1.807) is 16.7 Å². The molecule has 0 radical (unpaired) electrons. The van der Waals surface area contributed by atoms with E-state index in [9.17, 15) is 8.42 Å². The van der Waals surface area contributed by atoms with Crippen LogP contribution in [0.2, 0.25) is 5.02 Å². The van der Waals surface area contributed by atoms with E-state index in [-0.39, 0.29) is 5.25 Å². The Balaban J connectivity index is 0.975. The summed E-state index contributed by atoms with van der Waals surface area (Å²) in [4.78, 5) is 10.9. The van der Waals surface area contributed by atoms with Crippen molar-refractivity contribution in [2.24, 2.45) is 23.7 Å². The van der Waals surface area contributed by atoms with Crippen LogP contribution in [0.1, 0.15) is 44.9 Å². The van der Waals surface area contributed by atoms with Gasteiger partial charge in [-0.2, -0.15) is 0 Å². The zero-order valence-corrected chi connectivity index (χ0v) is 19.6. The Hall–Kier alpha value is -0.960. The Kier molecular flexibility index (Phi) is 6.43. The van der Waals surface area contributed by atoms with Crippen LogP contribution in [-0.2, 0) is 14.8 Å². The van der Waals surface area contributed by atoms with Crippen LogP contribution in [0.25, 0.3) is 0 Å². The lowest BCUT2D eigenvalue weighted by molar-refractivity contribution is 0.0684. The Morgan fingerprint density at radius 3 is 2.29 bits per heavy atom. The lowest BCUT2D eigenvalue weighted by atomic mass is 9.91. The van der Waals surface area contributed by atoms with Crippen LogP contribution in [0.5, 0.6) is 0 Å². The molecule has 5 rings (SSSR count). The first kappa shape index (κ1) is 21.9. The molecule has 172 valence electrons. The number of piperidine rings is 2. The average Bonchev–Trinajstić information content (AvgIpc) is 3.69. The molecule has 1 aromatic rings. The smallest absolute Gasteiger partial charge is 0.225 e. The fourth-order valence-electron chi connectivity index (χ4n) is 5.33. The minimum Gasteiger partial charge on any atom is -0.381 e. The van der Waals surface area contributed by atoms with Crippen LogP contribution in [0.3, 0.4) is 0 Å². The predicted octanol–water partition coefficient (Wildman–Crippen LogP) is 3.20. The third-order valence-corrected chi connectivity index (χ3v) is 10.2. The predicted molar refractivity (Wildman–Crippen MR) is 121 cm³/mol. The average molecular weight is 469 g/mol. The Morgan fingerprint density at radius 1 is 0.968 bits per heavy atom. The van der Waals surface area contributed by atoms with Gasteiger partial charge in [0.2, 0.25) is 16.0 Å². The van der Waals surface area contributed by atoms with Gasteiger partial charge in [-0.3, -0.25) is 0 Å². The van der Waals surface area contributed by atoms with Gasteiger partial charge in [-0.15, -0.1) is 0 Å². The van der Waals surface area contributed by atoms with Crippen molar-refractivity contribution in [2.45, 2.75) is 50.2 Å². The molecule has 2 aliphatic heterocycles. The molecule has 2 saturated heterocycles. The third-order valence-electron chi connectivity index (χ3n) is 7.58. The van der Waals surface area contributed by atoms with Gasteiger partial charge in [0, 0.05) is 39.4 Å². The summed E-state index contributed by atoms with van der Waals surface area (Å²) < 4.78 is 32.5. The molecule has 0 spiro atoms. The minimum absolute atomic E-state index is 0.0855. The fourth-order valence-corrected chi connectivity index (χ4v) is 7.30. The van der Waals surface area contributed by atoms with Crippen molar-refractivity contribution < 1.29 is 13.2 Å². The van der Waals surface area contributed by atoms with E-state index >= 15 is 0 Å². The van der Waals surface area contributed by atoms with E-state index in [0.29, 0.717) is 29.9 Å². The highest BCUT2D eigenvalue weighted by Crippen LogP contribution is 2.48. The van der Waals surface area contributed by atoms with Crippen LogP contribution in [0.15, 0.2) is 12.4 Å². The van der Waals surface area contributed by atoms with Gasteiger partial charge in [0.25, 0.3) is 0 Å². The Morgan fingerprint density at radius 2 is 1.65 bits per heavy atom. The zero-order chi connectivity index (χ0) is 21.4. The highest BCUT2D eigenvalue weighted by atomic mass is 35.5. The van der Waals surface area contributed by atoms with E-state index in [0.717, 1.165) is 69.8 Å². The third kappa shape index (κ3) is 5.18. The summed E-state index contributed by atoms with van der Waals surface area (Å²) in [5, 5.41) is 0.492. The molecule has 7 nitrogen and oxygen atoms in total. The molecule has 4 fully saturated rings. The normalized spacial score (nSPS) is 28.7. The van der Waals surface area contributed by atoms with Crippen molar-refractivity contribution in [3.63, 3.8) is 0 Å². The SMILES string of the molecule is O=S(=O)(C1CC1)N1CCC(COC[C@@H]2C[C@@H]2C2CCN(c3ncc(Cl)cn3)CC2)CC1. The Labute approximate surface area is 190 Å². The number of nitrogens with zero attached hydrogens (tertiary/aromatic N) is 4. The van der Waals surface area contributed by atoms with Gasteiger partial charge in [-0.05, 0) is 68.6 Å². The Bertz CT molecular complexity index is 848. The van der Waals surface area contributed by atoms with Gasteiger partial charge in [0.05, 0.1) is 22.7 Å². The van der Waals surface area contributed by atoms with Crippen LogP contribution in [0.4, 0.5) is 5.95 Å². The first-order valence-electron chi connectivity index (χ1n) is 11.8. The largest absolute Gasteiger partial charge is 0.381 e. The van der Waals surface area contributed by atoms with Crippen molar-refractivity contribution in [1.29, 1.82) is 0 Å². The summed E-state index contributed by atoms with van der Waals surface area (Å²) in [6, 6.07) is 0. The summed E-state index contributed by atoms with van der Waals surface area (Å²) in [7, 11) is -3.00. The quantitative estimate of drug-likeness (QED) is 0.583. The molecule has 31 heavy (non-hydrogen) atoms. The number of halogens is 1. The lowest BCUT2D eigenvalue weighted by Crippen LogP contribution is -2.41. The van der Waals surface area contributed by atoms with Crippen molar-refractivity contribution in [3.05, 3.63) is 17.4 Å². The molecule has 2 aliphatic carbocycles. The number of rotatable bonds is 8. The highest BCUT2D eigenvalue weighted by Gasteiger charge is 2.44. The first-order chi connectivity index (χ1) is 15.0. The molecule has 0 aromatic carbocycles. The van der Waals surface area contributed by atoms with Gasteiger partial charge >= 0.3 is 0 Å². The molecular weight excluding hydrogens is 436 g/mol. The van der Waals surface area contributed by atoms with Crippen molar-refractivity contribution in [2.75, 3.05) is 44.3 Å². The van der Waals surface area contributed by atoms with Crippen LogP contribution in [-0.4, -0.2) is 67.3 Å². The maximum Gasteiger partial charge on any atom is 0.225 e. The van der Waals surface area contributed by atoms with Crippen LogP contribution >= 0.6 is 11.6 Å². The van der Waals surface area contributed by atoms with Gasteiger partial charge in [-0.1, -0.05) is 11.6 Å². The van der Waals surface area contributed by atoms with E-state index in [1.807, 2.05) is 0 Å². The van der Waals surface area contributed by atoms with Crippen molar-refractivity contribution in [3.8, 4) is 0 Å². The second-order valence-corrected chi connectivity index (χ2v) is 12.5. The monoisotopic (exact) mass is 468 g/mol. The van der Waals surface area contributed by atoms with Gasteiger partial charge in [0.1, 0.15) is 0 Å². The van der Waals surface area contributed by atoms with Crippen molar-refractivity contribution in [1.82, 2.24) is 14.3 Å². The topological polar surface area (TPSA) is 75.6 Å². The number of anilines is 1. The molecule has 1 aromatic heterocycles. The molecule has 9 heteroatoms. The van der Waals surface area contributed by atoms with Gasteiger partial charge in [-0.25, -0.2) is 22.7 Å². The highest BCUT2D eigenvalue weighted by molar-refractivity contribution is 7.90. The summed E-state index contributed by atoms with van der Waals surface area (Å²) in [6.07, 6.45) is 10.6. The molecule has 0 amide bonds. The van der Waals surface area contributed by atoms with Crippen molar-refractivity contribution >= 4 is 27.6 Å². The van der Waals surface area contributed by atoms with E-state index in [2.05, 4.69) is 14.9 Å². The number of aromatic nitrogens is 2. The lowest BCUT2D eigenvalue weighted by Gasteiger charge is -2.32. The summed E-state index contributed by atoms with van der Waals surface area (Å²) in [5.41, 5.74) is 0. The first-order valence-corrected chi connectivity index (χ1v) is 13.7. The van der Waals surface area contributed by atoms with Gasteiger partial charge in [0.15, 0.2) is 0 Å². The summed E-state index contributed by atoms with van der Waals surface area (Å²) in [5.74, 6) is 3.59. The molecule has 2 atom stereocenters. The second-order valence-electron chi connectivity index (χ2n) is 9.81. The van der Waals surface area contributed by atoms with E-state index in [4.69, 9.17) is 16.3 Å². The molecule has 2 saturated carbocycles. The van der Waals surface area contributed by atoms with Crippen LogP contribution in [0, 0.1) is 23.7 Å².